The number of benzene rings is 1. The Morgan fingerprint density at radius 2 is 2.05 bits per heavy atom. The van der Waals surface area contributed by atoms with Crippen LogP contribution in [0.15, 0.2) is 60.5 Å². The normalized spacial score (nSPS) is 35.2. The first-order valence-electron chi connectivity index (χ1n) is 8.46. The van der Waals surface area contributed by atoms with Crippen LogP contribution in [0.4, 0.5) is 0 Å². The summed E-state index contributed by atoms with van der Waals surface area (Å²) in [5, 5.41) is 1.72. The fourth-order valence-electron chi connectivity index (χ4n) is 4.69. The van der Waals surface area contributed by atoms with Gasteiger partial charge in [0, 0.05) is 0 Å². The zero-order valence-electron chi connectivity index (χ0n) is 13.8. The van der Waals surface area contributed by atoms with Crippen molar-refractivity contribution in [1.29, 1.82) is 0 Å². The second-order valence-electron chi connectivity index (χ2n) is 7.46. The molecular weight excluding hydrogens is 282 g/mol. The molecule has 0 fully saturated rings. The van der Waals surface area contributed by atoms with Crippen molar-refractivity contribution in [3.63, 3.8) is 0 Å². The predicted octanol–water partition coefficient (Wildman–Crippen LogP) is 4.50. The van der Waals surface area contributed by atoms with Gasteiger partial charge >= 0.3 is 0 Å². The number of hydrogen-bond acceptors (Lipinski definition) is 1. The summed E-state index contributed by atoms with van der Waals surface area (Å²) in [6.07, 6.45) is 12.0. The highest BCUT2D eigenvalue weighted by atomic mass is 28.3. The quantitative estimate of drug-likeness (QED) is 0.574. The lowest BCUT2D eigenvalue weighted by molar-refractivity contribution is 0.0614. The number of hydrogen-bond donors (Lipinski definition) is 0. The Kier molecular flexibility index (Phi) is 2.87. The molecule has 3 atom stereocenters. The highest BCUT2D eigenvalue weighted by Gasteiger charge is 2.59. The minimum absolute atomic E-state index is 0.0302. The lowest BCUT2D eigenvalue weighted by Crippen LogP contribution is -2.65. The zero-order chi connectivity index (χ0) is 15.5. The van der Waals surface area contributed by atoms with Gasteiger partial charge in [0.2, 0.25) is 0 Å². The van der Waals surface area contributed by atoms with E-state index in [2.05, 4.69) is 80.2 Å². The number of allylic oxidation sites excluding steroid dienone is 1. The molecule has 1 aromatic carbocycles. The molecule has 0 saturated heterocycles. The number of rotatable bonds is 2. The molecule has 1 aromatic rings. The first-order chi connectivity index (χ1) is 10.5. The van der Waals surface area contributed by atoms with E-state index < -0.39 is 8.80 Å². The van der Waals surface area contributed by atoms with Crippen LogP contribution in [0.1, 0.15) is 36.9 Å². The van der Waals surface area contributed by atoms with Crippen LogP contribution in [0.25, 0.3) is 0 Å². The molecular formula is C20H25NSi. The lowest BCUT2D eigenvalue weighted by atomic mass is 9.53. The van der Waals surface area contributed by atoms with Crippen LogP contribution in [0.2, 0.25) is 13.1 Å². The Hall–Kier alpha value is -1.54. The minimum Gasteiger partial charge on any atom is -0.361 e. The molecule has 0 N–H and O–H groups in total. The van der Waals surface area contributed by atoms with Crippen LogP contribution in [0.3, 0.4) is 0 Å². The Morgan fingerprint density at radius 3 is 2.68 bits per heavy atom. The Bertz CT molecular complexity index is 701. The first-order valence-corrected chi connectivity index (χ1v) is 11.3. The average Bonchev–Trinajstić information content (AvgIpc) is 2.53. The van der Waals surface area contributed by atoms with E-state index in [0.717, 1.165) is 0 Å². The van der Waals surface area contributed by atoms with Crippen LogP contribution in [-0.2, 0) is 5.41 Å². The van der Waals surface area contributed by atoms with E-state index in [9.17, 15) is 0 Å². The van der Waals surface area contributed by atoms with Gasteiger partial charge in [-0.05, 0) is 37.1 Å². The van der Waals surface area contributed by atoms with Crippen LogP contribution >= 0.6 is 0 Å². The largest absolute Gasteiger partial charge is 0.361 e. The molecule has 1 aliphatic carbocycles. The van der Waals surface area contributed by atoms with E-state index in [0.29, 0.717) is 6.04 Å². The second-order valence-corrected chi connectivity index (χ2v) is 10.5. The van der Waals surface area contributed by atoms with Crippen molar-refractivity contribution >= 4 is 8.80 Å². The maximum atomic E-state index is 4.20. The molecule has 0 spiro atoms. The summed E-state index contributed by atoms with van der Waals surface area (Å²) >= 11 is 0. The SMILES string of the molecule is C=CC12C=CC1(C)N1C=C([SiH](C)C)CCC1c1ccccc12. The van der Waals surface area contributed by atoms with E-state index in [1.807, 2.05) is 0 Å². The molecule has 0 saturated carbocycles. The Morgan fingerprint density at radius 1 is 1.27 bits per heavy atom. The van der Waals surface area contributed by atoms with E-state index in [1.54, 1.807) is 5.20 Å². The molecule has 1 nitrogen and oxygen atoms in total. The van der Waals surface area contributed by atoms with Gasteiger partial charge in [-0.1, -0.05) is 60.8 Å². The summed E-state index contributed by atoms with van der Waals surface area (Å²) in [6.45, 7) is 11.5. The summed E-state index contributed by atoms with van der Waals surface area (Å²) in [4.78, 5) is 2.66. The van der Waals surface area contributed by atoms with Crippen molar-refractivity contribution in [2.24, 2.45) is 0 Å². The van der Waals surface area contributed by atoms with Gasteiger partial charge in [-0.2, -0.15) is 0 Å². The van der Waals surface area contributed by atoms with Gasteiger partial charge in [-0.25, -0.2) is 0 Å². The van der Waals surface area contributed by atoms with Crippen molar-refractivity contribution in [1.82, 2.24) is 4.90 Å². The smallest absolute Gasteiger partial charge is 0.0723 e. The van der Waals surface area contributed by atoms with E-state index in [4.69, 9.17) is 0 Å². The summed E-state index contributed by atoms with van der Waals surface area (Å²) in [5.74, 6) is 0. The standard InChI is InChI=1S/C20H25NSi/c1-5-20-13-12-19(20,2)21-14-15(22(3)4)10-11-18(21)16-8-6-7-9-17(16)20/h5-9,12-14,18,22H,1,10-11H2,2-4H3. The third kappa shape index (κ3) is 1.49. The third-order valence-electron chi connectivity index (χ3n) is 6.22. The van der Waals surface area contributed by atoms with Crippen molar-refractivity contribution < 1.29 is 0 Å². The molecule has 2 heterocycles. The molecule has 3 aliphatic rings. The van der Waals surface area contributed by atoms with Gasteiger partial charge in [0.05, 0.1) is 25.8 Å². The molecule has 2 aliphatic heterocycles. The lowest BCUT2D eigenvalue weighted by Gasteiger charge is -2.63. The number of nitrogens with zero attached hydrogens (tertiary/aromatic N) is 1. The topological polar surface area (TPSA) is 3.24 Å². The summed E-state index contributed by atoms with van der Waals surface area (Å²) < 4.78 is 0. The molecule has 114 valence electrons. The van der Waals surface area contributed by atoms with Crippen molar-refractivity contribution in [3.8, 4) is 0 Å². The first kappa shape index (κ1) is 14.1. The van der Waals surface area contributed by atoms with Gasteiger partial charge in [0.1, 0.15) is 0 Å². The molecule has 4 rings (SSSR count). The zero-order valence-corrected chi connectivity index (χ0v) is 15.0. The minimum atomic E-state index is -0.721. The van der Waals surface area contributed by atoms with Crippen LogP contribution in [-0.4, -0.2) is 19.2 Å². The average molecular weight is 308 g/mol. The van der Waals surface area contributed by atoms with Crippen LogP contribution in [0.5, 0.6) is 0 Å². The fraction of sp³-hybridized carbons (Fsp3) is 0.400. The van der Waals surface area contributed by atoms with Gasteiger partial charge in [-0.15, -0.1) is 6.58 Å². The monoisotopic (exact) mass is 307 g/mol. The van der Waals surface area contributed by atoms with Gasteiger partial charge < -0.3 is 4.90 Å². The summed E-state index contributed by atoms with van der Waals surface area (Å²) in [5.41, 5.74) is 2.99. The van der Waals surface area contributed by atoms with Crippen LogP contribution < -0.4 is 0 Å². The van der Waals surface area contributed by atoms with E-state index in [-0.39, 0.29) is 11.0 Å². The van der Waals surface area contributed by atoms with E-state index >= 15 is 0 Å². The summed E-state index contributed by atoms with van der Waals surface area (Å²) in [7, 11) is -0.721. The molecule has 3 unspecified atom stereocenters. The molecule has 0 amide bonds. The third-order valence-corrected chi connectivity index (χ3v) is 8.14. The molecule has 22 heavy (non-hydrogen) atoms. The van der Waals surface area contributed by atoms with Crippen molar-refractivity contribution in [2.45, 2.75) is 49.9 Å². The van der Waals surface area contributed by atoms with Gasteiger partial charge in [0.15, 0.2) is 0 Å². The van der Waals surface area contributed by atoms with Gasteiger partial charge in [0.25, 0.3) is 0 Å². The summed E-state index contributed by atoms with van der Waals surface area (Å²) in [6, 6.07) is 9.53. The highest BCUT2D eigenvalue weighted by molar-refractivity contribution is 6.63. The van der Waals surface area contributed by atoms with E-state index in [1.165, 1.54) is 24.0 Å². The Balaban J connectivity index is 1.95. The molecule has 0 radical (unpaired) electrons. The molecule has 0 aromatic heterocycles. The predicted molar refractivity (Wildman–Crippen MR) is 96.6 cm³/mol. The highest BCUT2D eigenvalue weighted by Crippen LogP contribution is 2.59. The van der Waals surface area contributed by atoms with Gasteiger partial charge in [-0.3, -0.25) is 0 Å². The Labute approximate surface area is 135 Å². The molecule has 0 bridgehead atoms. The fourth-order valence-corrected chi connectivity index (χ4v) is 5.89. The maximum Gasteiger partial charge on any atom is 0.0723 e. The van der Waals surface area contributed by atoms with Crippen molar-refractivity contribution in [3.05, 3.63) is 71.6 Å². The van der Waals surface area contributed by atoms with Crippen molar-refractivity contribution in [2.75, 3.05) is 0 Å². The van der Waals surface area contributed by atoms with Crippen LogP contribution in [0, 0.1) is 0 Å². The number of fused-ring (bicyclic) bond motifs is 6. The maximum absolute atomic E-state index is 4.20. The molecule has 2 heteroatoms. The second kappa shape index (κ2) is 4.48.